The number of carbonyl (C=O) groups is 1. The molecular formula is C15H17F3N2O3. The van der Waals surface area contributed by atoms with E-state index in [2.05, 4.69) is 4.99 Å². The lowest BCUT2D eigenvalue weighted by Crippen LogP contribution is -2.26. The summed E-state index contributed by atoms with van der Waals surface area (Å²) >= 11 is 0. The van der Waals surface area contributed by atoms with Gasteiger partial charge in [0, 0.05) is 11.5 Å². The zero-order valence-electron chi connectivity index (χ0n) is 12.6. The largest absolute Gasteiger partial charge is 0.512 e. The van der Waals surface area contributed by atoms with Crippen LogP contribution in [0.4, 0.5) is 18.0 Å². The van der Waals surface area contributed by atoms with Crippen LogP contribution in [0.2, 0.25) is 0 Å². The SMILES string of the molecule is CC(C)(CC(F)(F)F)/C(O)=C/C(N)=N/C(=O)Oc1ccccc1. The predicted molar refractivity (Wildman–Crippen MR) is 79.3 cm³/mol. The Balaban J connectivity index is 2.79. The Bertz CT molecular complexity index is 608. The van der Waals surface area contributed by atoms with Gasteiger partial charge in [-0.25, -0.2) is 4.79 Å². The number of rotatable bonds is 4. The van der Waals surface area contributed by atoms with E-state index < -0.39 is 35.7 Å². The van der Waals surface area contributed by atoms with Gasteiger partial charge < -0.3 is 15.6 Å². The molecule has 1 aromatic carbocycles. The lowest BCUT2D eigenvalue weighted by molar-refractivity contribution is -0.153. The number of alkyl halides is 3. The number of ether oxygens (including phenoxy) is 1. The van der Waals surface area contributed by atoms with Crippen molar-refractivity contribution in [2.75, 3.05) is 0 Å². The highest BCUT2D eigenvalue weighted by Gasteiger charge is 2.39. The van der Waals surface area contributed by atoms with E-state index >= 15 is 0 Å². The first-order valence-electron chi connectivity index (χ1n) is 6.58. The molecule has 3 N–H and O–H groups in total. The minimum Gasteiger partial charge on any atom is -0.512 e. The van der Waals surface area contributed by atoms with Gasteiger partial charge in [-0.2, -0.15) is 18.2 Å². The van der Waals surface area contributed by atoms with Crippen LogP contribution >= 0.6 is 0 Å². The number of aliphatic hydroxyl groups is 1. The van der Waals surface area contributed by atoms with Crippen molar-refractivity contribution >= 4 is 11.9 Å². The fourth-order valence-corrected chi connectivity index (χ4v) is 1.68. The van der Waals surface area contributed by atoms with Crippen LogP contribution in [0.3, 0.4) is 0 Å². The molecule has 0 aromatic heterocycles. The Labute approximate surface area is 131 Å². The van der Waals surface area contributed by atoms with Gasteiger partial charge in [-0.3, -0.25) is 0 Å². The van der Waals surface area contributed by atoms with Gasteiger partial charge in [0.25, 0.3) is 0 Å². The van der Waals surface area contributed by atoms with Gasteiger partial charge in [0.15, 0.2) is 0 Å². The first-order chi connectivity index (χ1) is 10.5. The summed E-state index contributed by atoms with van der Waals surface area (Å²) in [7, 11) is 0. The minimum absolute atomic E-state index is 0.236. The second-order valence-electron chi connectivity index (χ2n) is 5.42. The van der Waals surface area contributed by atoms with Crippen molar-refractivity contribution in [1.82, 2.24) is 0 Å². The molecule has 0 aliphatic carbocycles. The molecule has 8 heteroatoms. The molecule has 0 radical (unpaired) electrons. The normalized spacial score (nSPS) is 13.8. The predicted octanol–water partition coefficient (Wildman–Crippen LogP) is 3.96. The molecule has 0 saturated heterocycles. The molecule has 5 nitrogen and oxygen atoms in total. The fraction of sp³-hybridized carbons (Fsp3) is 0.333. The van der Waals surface area contributed by atoms with Crippen molar-refractivity contribution in [1.29, 1.82) is 0 Å². The van der Waals surface area contributed by atoms with Gasteiger partial charge >= 0.3 is 12.3 Å². The van der Waals surface area contributed by atoms with Crippen molar-refractivity contribution in [2.45, 2.75) is 26.4 Å². The molecule has 0 aliphatic heterocycles. The molecular weight excluding hydrogens is 313 g/mol. The van der Waals surface area contributed by atoms with Crippen molar-refractivity contribution < 1.29 is 27.8 Å². The molecule has 0 spiro atoms. The number of nitrogens with two attached hydrogens (primary N) is 1. The van der Waals surface area contributed by atoms with Crippen molar-refractivity contribution in [2.24, 2.45) is 16.1 Å². The minimum atomic E-state index is -4.45. The number of amidine groups is 1. The monoisotopic (exact) mass is 330 g/mol. The Morgan fingerprint density at radius 1 is 1.30 bits per heavy atom. The molecule has 0 atom stereocenters. The van der Waals surface area contributed by atoms with Gasteiger partial charge in [-0.15, -0.1) is 0 Å². The van der Waals surface area contributed by atoms with E-state index in [9.17, 15) is 23.1 Å². The number of hydrogen-bond donors (Lipinski definition) is 2. The first-order valence-corrected chi connectivity index (χ1v) is 6.58. The second-order valence-corrected chi connectivity index (χ2v) is 5.42. The molecule has 126 valence electrons. The molecule has 0 saturated carbocycles. The number of hydrogen-bond acceptors (Lipinski definition) is 3. The summed E-state index contributed by atoms with van der Waals surface area (Å²) in [6.07, 6.45) is -5.95. The number of para-hydroxylation sites is 1. The molecule has 0 bridgehead atoms. The zero-order valence-corrected chi connectivity index (χ0v) is 12.6. The number of allylic oxidation sites excluding steroid dienone is 1. The maximum absolute atomic E-state index is 12.4. The topological polar surface area (TPSA) is 84.9 Å². The van der Waals surface area contributed by atoms with Gasteiger partial charge in [-0.1, -0.05) is 32.0 Å². The molecule has 0 aliphatic rings. The summed E-state index contributed by atoms with van der Waals surface area (Å²) < 4.78 is 42.1. The number of carbonyl (C=O) groups excluding carboxylic acids is 1. The smallest absolute Gasteiger partial charge is 0.441 e. The summed E-state index contributed by atoms with van der Waals surface area (Å²) in [6.45, 7) is 2.39. The maximum atomic E-state index is 12.4. The quantitative estimate of drug-likeness (QED) is 0.497. The molecule has 1 aromatic rings. The van der Waals surface area contributed by atoms with E-state index in [1.54, 1.807) is 18.2 Å². The molecule has 0 fully saturated rings. The number of amides is 1. The number of halogens is 3. The van der Waals surface area contributed by atoms with Crippen molar-refractivity contribution in [3.63, 3.8) is 0 Å². The molecule has 0 heterocycles. The number of nitrogens with zero attached hydrogens (tertiary/aromatic N) is 1. The highest BCUT2D eigenvalue weighted by atomic mass is 19.4. The Morgan fingerprint density at radius 3 is 2.39 bits per heavy atom. The average molecular weight is 330 g/mol. The number of aliphatic imine (C=N–C) groups is 1. The van der Waals surface area contributed by atoms with Crippen LogP contribution in [0.1, 0.15) is 20.3 Å². The third-order valence-electron chi connectivity index (χ3n) is 2.79. The van der Waals surface area contributed by atoms with E-state index in [4.69, 9.17) is 10.5 Å². The zero-order chi connectivity index (χ0) is 17.7. The summed E-state index contributed by atoms with van der Waals surface area (Å²) in [5.74, 6) is -0.859. The van der Waals surface area contributed by atoms with Gasteiger partial charge in [0.2, 0.25) is 0 Å². The lowest BCUT2D eigenvalue weighted by atomic mass is 9.86. The summed E-state index contributed by atoms with van der Waals surface area (Å²) in [5, 5.41) is 9.76. The Hall–Kier alpha value is -2.51. The standard InChI is InChI=1S/C15H17F3N2O3/c1-14(2,9-15(16,17)18)11(21)8-12(19)20-13(22)23-10-6-4-3-5-7-10/h3-8,21H,9H2,1-2H3,(H2,19,20,22)/b11-8-. The molecule has 1 amide bonds. The van der Waals surface area contributed by atoms with Crippen molar-refractivity contribution in [3.05, 3.63) is 42.2 Å². The Kier molecular flexibility index (Phi) is 5.78. The van der Waals surface area contributed by atoms with Crippen LogP contribution < -0.4 is 10.5 Å². The van der Waals surface area contributed by atoms with Gasteiger partial charge in [-0.05, 0) is 12.1 Å². The number of benzene rings is 1. The highest BCUT2D eigenvalue weighted by Crippen LogP contribution is 2.37. The second kappa shape index (κ2) is 7.17. The van der Waals surface area contributed by atoms with E-state index in [1.165, 1.54) is 26.0 Å². The van der Waals surface area contributed by atoms with Crippen LogP contribution in [-0.4, -0.2) is 23.2 Å². The molecule has 1 rings (SSSR count). The molecule has 23 heavy (non-hydrogen) atoms. The number of aliphatic hydroxyl groups excluding tert-OH is 1. The van der Waals surface area contributed by atoms with Crippen LogP contribution in [-0.2, 0) is 0 Å². The van der Waals surface area contributed by atoms with Crippen LogP contribution in [0, 0.1) is 5.41 Å². The first kappa shape index (κ1) is 18.5. The highest BCUT2D eigenvalue weighted by molar-refractivity contribution is 5.98. The van der Waals surface area contributed by atoms with Crippen LogP contribution in [0.5, 0.6) is 5.75 Å². The lowest BCUT2D eigenvalue weighted by Gasteiger charge is -2.25. The maximum Gasteiger partial charge on any atom is 0.441 e. The third kappa shape index (κ3) is 6.86. The summed E-state index contributed by atoms with van der Waals surface area (Å²) in [4.78, 5) is 14.8. The van der Waals surface area contributed by atoms with Crippen LogP contribution in [0.15, 0.2) is 47.2 Å². The van der Waals surface area contributed by atoms with E-state index in [-0.39, 0.29) is 5.75 Å². The summed E-state index contributed by atoms with van der Waals surface area (Å²) in [5.41, 5.74) is 3.83. The van der Waals surface area contributed by atoms with E-state index in [1.807, 2.05) is 0 Å². The fourth-order valence-electron chi connectivity index (χ4n) is 1.68. The van der Waals surface area contributed by atoms with Gasteiger partial charge in [0.1, 0.15) is 17.3 Å². The van der Waals surface area contributed by atoms with Crippen molar-refractivity contribution in [3.8, 4) is 5.75 Å². The van der Waals surface area contributed by atoms with Crippen LogP contribution in [0.25, 0.3) is 0 Å². The van der Waals surface area contributed by atoms with Gasteiger partial charge in [0.05, 0.1) is 6.42 Å². The third-order valence-corrected chi connectivity index (χ3v) is 2.79. The Morgan fingerprint density at radius 2 is 1.87 bits per heavy atom. The molecule has 0 unspecified atom stereocenters. The summed E-state index contributed by atoms with van der Waals surface area (Å²) in [6, 6.07) is 8.04. The van der Waals surface area contributed by atoms with E-state index in [0.29, 0.717) is 0 Å². The average Bonchev–Trinajstić information content (AvgIpc) is 2.36. The van der Waals surface area contributed by atoms with E-state index in [0.717, 1.165) is 6.08 Å².